The van der Waals surface area contributed by atoms with Crippen LogP contribution >= 0.6 is 11.8 Å². The highest BCUT2D eigenvalue weighted by Crippen LogP contribution is 2.28. The fraction of sp³-hybridized carbons (Fsp3) is 0.211. The summed E-state index contributed by atoms with van der Waals surface area (Å²) in [4.78, 5) is 12.5. The molecule has 2 aromatic carbocycles. The van der Waals surface area contributed by atoms with Crippen LogP contribution in [0.5, 0.6) is 5.75 Å². The molecule has 0 saturated heterocycles. The zero-order valence-corrected chi connectivity index (χ0v) is 15.7. The molecule has 3 rings (SSSR count). The standard InChI is InChI=1S/C19H20N4O2S/c1-13(18(24)20-15-11-7-8-12-16(15)25-3)26-19-22-21-17(23(19)2)14-9-5-4-6-10-14/h4-13H,1-3H3,(H,20,24)/t13-/m1/s1. The summed E-state index contributed by atoms with van der Waals surface area (Å²) in [6.45, 7) is 1.84. The van der Waals surface area contributed by atoms with Gasteiger partial charge in [0.1, 0.15) is 5.75 Å². The molecule has 1 atom stereocenters. The van der Waals surface area contributed by atoms with Gasteiger partial charge in [0.25, 0.3) is 0 Å². The number of methoxy groups -OCH3 is 1. The summed E-state index contributed by atoms with van der Waals surface area (Å²) in [5.74, 6) is 1.28. The van der Waals surface area contributed by atoms with Crippen LogP contribution in [-0.2, 0) is 11.8 Å². The number of hydrogen-bond acceptors (Lipinski definition) is 5. The van der Waals surface area contributed by atoms with E-state index < -0.39 is 0 Å². The number of benzene rings is 2. The predicted octanol–water partition coefficient (Wildman–Crippen LogP) is 3.61. The fourth-order valence-electron chi connectivity index (χ4n) is 2.45. The van der Waals surface area contributed by atoms with Gasteiger partial charge in [-0.3, -0.25) is 4.79 Å². The SMILES string of the molecule is COc1ccccc1NC(=O)[C@@H](C)Sc1nnc(-c2ccccc2)n1C. The molecular formula is C19H20N4O2S. The summed E-state index contributed by atoms with van der Waals surface area (Å²) in [6, 6.07) is 17.2. The lowest BCUT2D eigenvalue weighted by Gasteiger charge is -2.13. The molecule has 1 aromatic heterocycles. The van der Waals surface area contributed by atoms with Gasteiger partial charge < -0.3 is 14.6 Å². The average molecular weight is 368 g/mol. The van der Waals surface area contributed by atoms with E-state index in [0.29, 0.717) is 16.6 Å². The highest BCUT2D eigenvalue weighted by atomic mass is 32.2. The molecule has 0 aliphatic rings. The Balaban J connectivity index is 1.71. The lowest BCUT2D eigenvalue weighted by atomic mass is 10.2. The minimum absolute atomic E-state index is 0.122. The molecular weight excluding hydrogens is 348 g/mol. The van der Waals surface area contributed by atoms with Crippen LogP contribution in [0, 0.1) is 0 Å². The molecule has 26 heavy (non-hydrogen) atoms. The Morgan fingerprint density at radius 2 is 1.81 bits per heavy atom. The number of carbonyl (C=O) groups excluding carboxylic acids is 1. The van der Waals surface area contributed by atoms with Crippen molar-refractivity contribution in [1.29, 1.82) is 0 Å². The largest absolute Gasteiger partial charge is 0.495 e. The maximum absolute atomic E-state index is 12.5. The topological polar surface area (TPSA) is 69.0 Å². The molecule has 0 unspecified atom stereocenters. The molecule has 134 valence electrons. The van der Waals surface area contributed by atoms with Crippen LogP contribution < -0.4 is 10.1 Å². The first-order valence-electron chi connectivity index (χ1n) is 8.15. The second-order valence-electron chi connectivity index (χ2n) is 5.68. The summed E-state index contributed by atoms with van der Waals surface area (Å²) in [5, 5.41) is 11.7. The number of ether oxygens (including phenoxy) is 1. The van der Waals surface area contributed by atoms with E-state index in [1.165, 1.54) is 11.8 Å². The summed E-state index contributed by atoms with van der Waals surface area (Å²) >= 11 is 1.36. The number of carbonyl (C=O) groups is 1. The Bertz CT molecular complexity index is 896. The van der Waals surface area contributed by atoms with Gasteiger partial charge in [-0.15, -0.1) is 10.2 Å². The lowest BCUT2D eigenvalue weighted by Crippen LogP contribution is -2.23. The highest BCUT2D eigenvalue weighted by molar-refractivity contribution is 8.00. The first-order chi connectivity index (χ1) is 12.6. The number of para-hydroxylation sites is 2. The third kappa shape index (κ3) is 3.88. The van der Waals surface area contributed by atoms with E-state index in [9.17, 15) is 4.79 Å². The average Bonchev–Trinajstić information content (AvgIpc) is 3.03. The predicted molar refractivity (Wildman–Crippen MR) is 103 cm³/mol. The maximum atomic E-state index is 12.5. The molecule has 3 aromatic rings. The molecule has 0 bridgehead atoms. The van der Waals surface area contributed by atoms with Gasteiger partial charge in [0.2, 0.25) is 5.91 Å². The summed E-state index contributed by atoms with van der Waals surface area (Å²) in [5.41, 5.74) is 1.64. The number of thioether (sulfide) groups is 1. The second kappa shape index (κ2) is 8.05. The summed E-state index contributed by atoms with van der Waals surface area (Å²) < 4.78 is 7.16. The number of nitrogens with zero attached hydrogens (tertiary/aromatic N) is 3. The van der Waals surface area contributed by atoms with Gasteiger partial charge >= 0.3 is 0 Å². The number of hydrogen-bond donors (Lipinski definition) is 1. The molecule has 0 spiro atoms. The quantitative estimate of drug-likeness (QED) is 0.673. The summed E-state index contributed by atoms with van der Waals surface area (Å²) in [6.07, 6.45) is 0. The minimum atomic E-state index is -0.341. The molecule has 0 aliphatic heterocycles. The van der Waals surface area contributed by atoms with Crippen molar-refractivity contribution in [3.05, 3.63) is 54.6 Å². The molecule has 0 radical (unpaired) electrons. The third-order valence-corrected chi connectivity index (χ3v) is 5.02. The Hall–Kier alpha value is -2.80. The number of aromatic nitrogens is 3. The summed E-state index contributed by atoms with van der Waals surface area (Å²) in [7, 11) is 3.48. The van der Waals surface area contributed by atoms with Gasteiger partial charge in [-0.1, -0.05) is 54.2 Å². The Labute approximate surface area is 156 Å². The molecule has 0 saturated carbocycles. The number of rotatable bonds is 6. The van der Waals surface area contributed by atoms with Crippen LogP contribution in [0.1, 0.15) is 6.92 Å². The van der Waals surface area contributed by atoms with E-state index in [1.807, 2.05) is 73.1 Å². The smallest absolute Gasteiger partial charge is 0.237 e. The van der Waals surface area contributed by atoms with Crippen molar-refractivity contribution in [3.63, 3.8) is 0 Å². The zero-order valence-electron chi connectivity index (χ0n) is 14.8. The maximum Gasteiger partial charge on any atom is 0.237 e. The van der Waals surface area contributed by atoms with Crippen LogP contribution in [0.4, 0.5) is 5.69 Å². The third-order valence-electron chi connectivity index (χ3n) is 3.88. The first-order valence-corrected chi connectivity index (χ1v) is 9.03. The van der Waals surface area contributed by atoms with E-state index in [1.54, 1.807) is 7.11 Å². The fourth-order valence-corrected chi connectivity index (χ4v) is 3.26. The number of anilines is 1. The molecule has 0 fully saturated rings. The van der Waals surface area contributed by atoms with Crippen molar-refractivity contribution >= 4 is 23.4 Å². The Morgan fingerprint density at radius 1 is 1.12 bits per heavy atom. The number of amides is 1. The minimum Gasteiger partial charge on any atom is -0.495 e. The molecule has 7 heteroatoms. The van der Waals surface area contributed by atoms with Crippen molar-refractivity contribution in [2.75, 3.05) is 12.4 Å². The van der Waals surface area contributed by atoms with E-state index >= 15 is 0 Å². The van der Waals surface area contributed by atoms with Crippen molar-refractivity contribution in [2.45, 2.75) is 17.3 Å². The van der Waals surface area contributed by atoms with Crippen LogP contribution in [0.25, 0.3) is 11.4 Å². The van der Waals surface area contributed by atoms with Crippen LogP contribution in [-0.4, -0.2) is 33.0 Å². The van der Waals surface area contributed by atoms with Gasteiger partial charge in [0.15, 0.2) is 11.0 Å². The molecule has 0 aliphatic carbocycles. The van der Waals surface area contributed by atoms with Gasteiger partial charge in [-0.05, 0) is 19.1 Å². The van der Waals surface area contributed by atoms with Crippen LogP contribution in [0.3, 0.4) is 0 Å². The lowest BCUT2D eigenvalue weighted by molar-refractivity contribution is -0.115. The van der Waals surface area contributed by atoms with Gasteiger partial charge in [0.05, 0.1) is 18.0 Å². The van der Waals surface area contributed by atoms with Gasteiger partial charge in [-0.25, -0.2) is 0 Å². The van der Waals surface area contributed by atoms with Crippen LogP contribution in [0.2, 0.25) is 0 Å². The van der Waals surface area contributed by atoms with E-state index in [0.717, 1.165) is 11.4 Å². The van der Waals surface area contributed by atoms with E-state index in [2.05, 4.69) is 15.5 Å². The van der Waals surface area contributed by atoms with Crippen molar-refractivity contribution in [2.24, 2.45) is 7.05 Å². The van der Waals surface area contributed by atoms with Crippen molar-refractivity contribution in [3.8, 4) is 17.1 Å². The Morgan fingerprint density at radius 3 is 2.54 bits per heavy atom. The van der Waals surface area contributed by atoms with E-state index in [-0.39, 0.29) is 11.2 Å². The first kappa shape index (κ1) is 18.0. The van der Waals surface area contributed by atoms with Crippen molar-refractivity contribution < 1.29 is 9.53 Å². The normalized spacial score (nSPS) is 11.8. The van der Waals surface area contributed by atoms with Crippen LogP contribution in [0.15, 0.2) is 59.8 Å². The zero-order chi connectivity index (χ0) is 18.5. The second-order valence-corrected chi connectivity index (χ2v) is 6.99. The molecule has 1 N–H and O–H groups in total. The Kier molecular flexibility index (Phi) is 5.58. The van der Waals surface area contributed by atoms with Gasteiger partial charge in [0, 0.05) is 12.6 Å². The number of nitrogens with one attached hydrogen (secondary N) is 1. The highest BCUT2D eigenvalue weighted by Gasteiger charge is 2.20. The monoisotopic (exact) mass is 368 g/mol. The molecule has 6 nitrogen and oxygen atoms in total. The molecule has 1 amide bonds. The molecule has 1 heterocycles. The van der Waals surface area contributed by atoms with Crippen molar-refractivity contribution in [1.82, 2.24) is 14.8 Å². The van der Waals surface area contributed by atoms with E-state index in [4.69, 9.17) is 4.74 Å². The van der Waals surface area contributed by atoms with Gasteiger partial charge in [-0.2, -0.15) is 0 Å².